The Kier molecular flexibility index (Phi) is 5.96. The van der Waals surface area contributed by atoms with E-state index in [0.717, 1.165) is 31.4 Å². The number of hydrogen-bond acceptors (Lipinski definition) is 7. The van der Waals surface area contributed by atoms with Gasteiger partial charge in [-0.3, -0.25) is 14.2 Å². The van der Waals surface area contributed by atoms with Crippen molar-refractivity contribution in [3.8, 4) is 0 Å². The lowest BCUT2D eigenvalue weighted by molar-refractivity contribution is -0.330. The molecule has 0 aliphatic heterocycles. The van der Waals surface area contributed by atoms with Crippen molar-refractivity contribution in [2.24, 2.45) is 0 Å². The first kappa shape index (κ1) is 24.9. The average Bonchev–Trinajstić information content (AvgIpc) is 3.67. The van der Waals surface area contributed by atoms with Gasteiger partial charge in [0.05, 0.1) is 18.0 Å². The zero-order chi connectivity index (χ0) is 26.7. The number of carbonyl (C=O) groups is 1. The number of hydrogen-bond donors (Lipinski definition) is 3. The number of alkyl halides is 4. The summed E-state index contributed by atoms with van der Waals surface area (Å²) in [6, 6.07) is 3.49. The summed E-state index contributed by atoms with van der Waals surface area (Å²) in [5, 5.41) is 13.1. The first-order chi connectivity index (χ1) is 18.0. The largest absolute Gasteiger partial charge is 0.522 e. The number of fused-ring (bicyclic) bond motifs is 1. The first-order valence-corrected chi connectivity index (χ1v) is 12.6. The van der Waals surface area contributed by atoms with E-state index in [1.807, 2.05) is 6.92 Å². The number of nitrogens with zero attached hydrogens (tertiary/aromatic N) is 4. The molecule has 3 heterocycles. The summed E-state index contributed by atoms with van der Waals surface area (Å²) in [5.74, 6) is 0.795. The number of alkyl carbamates (subject to hydrolysis) is 1. The Morgan fingerprint density at radius 2 is 2.00 bits per heavy atom. The van der Waals surface area contributed by atoms with Crippen LogP contribution in [-0.4, -0.2) is 54.8 Å². The van der Waals surface area contributed by atoms with E-state index in [4.69, 9.17) is 4.74 Å². The zero-order valence-corrected chi connectivity index (χ0v) is 20.5. The maximum absolute atomic E-state index is 14.7. The van der Waals surface area contributed by atoms with Crippen LogP contribution >= 0.6 is 0 Å². The molecule has 3 atom stereocenters. The summed E-state index contributed by atoms with van der Waals surface area (Å²) in [6.45, 7) is 1.20. The number of imidazole rings is 1. The second-order valence-corrected chi connectivity index (χ2v) is 10.6. The van der Waals surface area contributed by atoms with Crippen LogP contribution in [0.1, 0.15) is 74.4 Å². The van der Waals surface area contributed by atoms with Crippen LogP contribution in [0, 0.1) is 0 Å². The van der Waals surface area contributed by atoms with Crippen LogP contribution in [0.5, 0.6) is 0 Å². The predicted molar refractivity (Wildman–Crippen MR) is 126 cm³/mol. The third kappa shape index (κ3) is 5.54. The van der Waals surface area contributed by atoms with Gasteiger partial charge in [0.25, 0.3) is 0 Å². The van der Waals surface area contributed by atoms with Crippen LogP contribution < -0.4 is 10.6 Å². The van der Waals surface area contributed by atoms with Gasteiger partial charge in [-0.1, -0.05) is 0 Å². The summed E-state index contributed by atoms with van der Waals surface area (Å²) in [4.78, 5) is 21.0. The van der Waals surface area contributed by atoms with Crippen molar-refractivity contribution in [1.82, 2.24) is 29.9 Å². The second kappa shape index (κ2) is 9.10. The third-order valence-electron chi connectivity index (χ3n) is 7.27. The molecule has 0 aromatic carbocycles. The van der Waals surface area contributed by atoms with Crippen LogP contribution in [0.3, 0.4) is 0 Å². The van der Waals surface area contributed by atoms with Gasteiger partial charge in [-0.2, -0.15) is 5.10 Å². The smallest absolute Gasteiger partial charge is 0.443 e. The molecule has 3 N–H and O–H groups in total. The van der Waals surface area contributed by atoms with Gasteiger partial charge >= 0.3 is 12.5 Å². The SMILES string of the molecule is CC1(NC(=O)O[C@H]2C[C@@H](c3cc(Nc4nc(C5CC5)cc5nc(COC(F)(F)F)cn45)n[nH]3)C[C@H]2F)CC1. The molecule has 3 aliphatic rings. The summed E-state index contributed by atoms with van der Waals surface area (Å²) in [7, 11) is 0. The van der Waals surface area contributed by atoms with E-state index in [-0.39, 0.29) is 29.5 Å². The van der Waals surface area contributed by atoms with Gasteiger partial charge in [0.1, 0.15) is 17.9 Å². The van der Waals surface area contributed by atoms with Gasteiger partial charge in [0.2, 0.25) is 5.95 Å². The molecule has 3 aromatic heterocycles. The van der Waals surface area contributed by atoms with Crippen molar-refractivity contribution < 1.29 is 31.8 Å². The molecule has 0 radical (unpaired) electrons. The Labute approximate surface area is 214 Å². The molecule has 3 saturated carbocycles. The number of anilines is 2. The van der Waals surface area contributed by atoms with Crippen LogP contribution in [0.2, 0.25) is 0 Å². The third-order valence-corrected chi connectivity index (χ3v) is 7.27. The molecule has 204 valence electrons. The second-order valence-electron chi connectivity index (χ2n) is 10.6. The standard InChI is InChI=1S/C24H27F4N7O3/c1-23(4-5-23)32-22(36)38-18-7-13(6-15(18)25)17-8-19(34-33-17)31-21-30-16(12-2-3-12)9-20-29-14(10-35(20)21)11-37-24(26,27)28/h8-10,12-13,15,18H,2-7,11H2,1H3,(H,32,36)(H2,30,31,33,34)/t13-,15+,18-/m0/s1. The fourth-order valence-electron chi connectivity index (χ4n) is 4.73. The Morgan fingerprint density at radius 1 is 1.21 bits per heavy atom. The van der Waals surface area contributed by atoms with Gasteiger partial charge in [0, 0.05) is 41.4 Å². The van der Waals surface area contributed by atoms with Gasteiger partial charge in [-0.15, -0.1) is 13.2 Å². The van der Waals surface area contributed by atoms with E-state index in [2.05, 4.69) is 35.5 Å². The number of aromatic nitrogens is 5. The maximum atomic E-state index is 14.7. The lowest BCUT2D eigenvalue weighted by Crippen LogP contribution is -2.38. The molecule has 3 aliphatic carbocycles. The number of rotatable bonds is 8. The van der Waals surface area contributed by atoms with Gasteiger partial charge < -0.3 is 15.4 Å². The molecule has 3 aromatic rings. The predicted octanol–water partition coefficient (Wildman–Crippen LogP) is 4.97. The fraction of sp³-hybridized carbons (Fsp3) is 0.583. The van der Waals surface area contributed by atoms with Gasteiger partial charge in [0.15, 0.2) is 5.82 Å². The highest BCUT2D eigenvalue weighted by molar-refractivity contribution is 5.69. The Morgan fingerprint density at radius 3 is 2.71 bits per heavy atom. The number of nitrogens with one attached hydrogen (secondary N) is 3. The molecule has 0 spiro atoms. The average molecular weight is 538 g/mol. The minimum atomic E-state index is -4.76. The molecule has 6 rings (SSSR count). The molecule has 14 heteroatoms. The molecular formula is C24H27F4N7O3. The van der Waals surface area contributed by atoms with E-state index < -0.39 is 31.3 Å². The highest BCUT2D eigenvalue weighted by Gasteiger charge is 2.42. The first-order valence-electron chi connectivity index (χ1n) is 12.6. The highest BCUT2D eigenvalue weighted by atomic mass is 19.4. The van der Waals surface area contributed by atoms with Gasteiger partial charge in [-0.05, 0) is 45.4 Å². The number of ether oxygens (including phenoxy) is 2. The summed E-state index contributed by atoms with van der Waals surface area (Å²) in [5.41, 5.74) is 1.76. The van der Waals surface area contributed by atoms with E-state index in [1.54, 1.807) is 16.5 Å². The van der Waals surface area contributed by atoms with Crippen LogP contribution in [0.15, 0.2) is 18.3 Å². The van der Waals surface area contributed by atoms with Crippen molar-refractivity contribution in [1.29, 1.82) is 0 Å². The minimum Gasteiger partial charge on any atom is -0.443 e. The van der Waals surface area contributed by atoms with Crippen molar-refractivity contribution in [2.45, 2.75) is 88.1 Å². The number of carbonyl (C=O) groups excluding carboxylic acids is 1. The van der Waals surface area contributed by atoms with Crippen molar-refractivity contribution in [2.75, 3.05) is 5.32 Å². The molecule has 38 heavy (non-hydrogen) atoms. The molecule has 10 nitrogen and oxygen atoms in total. The Bertz CT molecular complexity index is 1350. The normalized spacial score (nSPS) is 24.5. The molecule has 1 amide bonds. The topological polar surface area (TPSA) is 118 Å². The quantitative estimate of drug-likeness (QED) is 0.347. The number of amides is 1. The van der Waals surface area contributed by atoms with E-state index in [0.29, 0.717) is 29.5 Å². The number of H-pyrrole nitrogens is 1. The fourth-order valence-corrected chi connectivity index (χ4v) is 4.73. The lowest BCUT2D eigenvalue weighted by Gasteiger charge is -2.17. The molecular weight excluding hydrogens is 510 g/mol. The van der Waals surface area contributed by atoms with Crippen molar-refractivity contribution in [3.63, 3.8) is 0 Å². The molecule has 0 bridgehead atoms. The van der Waals surface area contributed by atoms with Crippen molar-refractivity contribution in [3.05, 3.63) is 35.4 Å². The zero-order valence-electron chi connectivity index (χ0n) is 20.5. The van der Waals surface area contributed by atoms with Crippen LogP contribution in [0.25, 0.3) is 5.65 Å². The summed E-state index contributed by atoms with van der Waals surface area (Å²) in [6.07, 6.45) is -1.86. The van der Waals surface area contributed by atoms with E-state index in [1.165, 1.54) is 6.20 Å². The van der Waals surface area contributed by atoms with Crippen LogP contribution in [-0.2, 0) is 16.1 Å². The van der Waals surface area contributed by atoms with Crippen molar-refractivity contribution >= 4 is 23.5 Å². The summed E-state index contributed by atoms with van der Waals surface area (Å²) >= 11 is 0. The number of aromatic amines is 1. The van der Waals surface area contributed by atoms with Gasteiger partial charge in [-0.25, -0.2) is 19.2 Å². The Hall–Kier alpha value is -3.42. The lowest BCUT2D eigenvalue weighted by atomic mass is 10.0. The number of halogens is 4. The maximum Gasteiger partial charge on any atom is 0.522 e. The minimum absolute atomic E-state index is 0.105. The van der Waals surface area contributed by atoms with E-state index >= 15 is 0 Å². The van der Waals surface area contributed by atoms with Crippen LogP contribution in [0.4, 0.5) is 34.1 Å². The molecule has 0 saturated heterocycles. The highest BCUT2D eigenvalue weighted by Crippen LogP contribution is 2.41. The molecule has 3 fully saturated rings. The molecule has 0 unspecified atom stereocenters. The Balaban J connectivity index is 1.16. The van der Waals surface area contributed by atoms with E-state index in [9.17, 15) is 22.4 Å². The summed E-state index contributed by atoms with van der Waals surface area (Å²) < 4.78 is 63.0. The monoisotopic (exact) mass is 537 g/mol.